The summed E-state index contributed by atoms with van der Waals surface area (Å²) in [6, 6.07) is 3.15. The van der Waals surface area contributed by atoms with E-state index in [1.807, 2.05) is 25.7 Å². The summed E-state index contributed by atoms with van der Waals surface area (Å²) in [5.74, 6) is 0.702. The molecular formula is C18H29FN6O. The Labute approximate surface area is 154 Å². The van der Waals surface area contributed by atoms with Crippen LogP contribution in [-0.2, 0) is 4.79 Å². The van der Waals surface area contributed by atoms with Crippen molar-refractivity contribution >= 4 is 17.7 Å². The maximum atomic E-state index is 13.9. The van der Waals surface area contributed by atoms with Gasteiger partial charge in [-0.25, -0.2) is 9.37 Å². The van der Waals surface area contributed by atoms with Crippen molar-refractivity contribution in [1.29, 1.82) is 0 Å². The highest BCUT2D eigenvalue weighted by atomic mass is 19.1. The average molecular weight is 364 g/mol. The maximum absolute atomic E-state index is 13.9. The monoisotopic (exact) mass is 364 g/mol. The molecule has 1 aliphatic rings. The fourth-order valence-corrected chi connectivity index (χ4v) is 2.88. The number of nitrogens with zero attached hydrogens (tertiary/aromatic N) is 3. The van der Waals surface area contributed by atoms with Crippen molar-refractivity contribution in [1.82, 2.24) is 20.9 Å². The van der Waals surface area contributed by atoms with Crippen LogP contribution in [0.3, 0.4) is 0 Å². The molecule has 3 N–H and O–H groups in total. The van der Waals surface area contributed by atoms with Gasteiger partial charge in [0.05, 0.1) is 12.0 Å². The quantitative estimate of drug-likeness (QED) is 0.521. The lowest BCUT2D eigenvalue weighted by molar-refractivity contribution is -0.128. The average Bonchev–Trinajstić information content (AvgIpc) is 3.08. The van der Waals surface area contributed by atoms with Gasteiger partial charge in [0.15, 0.2) is 17.6 Å². The van der Waals surface area contributed by atoms with E-state index in [4.69, 9.17) is 0 Å². The molecule has 1 aromatic heterocycles. The lowest BCUT2D eigenvalue weighted by Gasteiger charge is -2.23. The molecule has 1 fully saturated rings. The molecule has 144 valence electrons. The second-order valence-corrected chi connectivity index (χ2v) is 7.04. The zero-order valence-electron chi connectivity index (χ0n) is 16.0. The van der Waals surface area contributed by atoms with Gasteiger partial charge in [-0.1, -0.05) is 0 Å². The number of nitrogens with one attached hydrogen (secondary N) is 3. The molecule has 1 aliphatic heterocycles. The third kappa shape index (κ3) is 5.06. The standard InChI is InChI=1S/C18H29FN6O/c1-5-21-17(23-12-18(2,3)16(26)20-4)24-13-8-10-25(11-13)15-14(19)7-6-9-22-15/h6-7,9,13H,5,8,10-12H2,1-4H3,(H,20,26)(H2,21,23,24). The Morgan fingerprint density at radius 2 is 2.27 bits per heavy atom. The summed E-state index contributed by atoms with van der Waals surface area (Å²) in [5, 5.41) is 9.25. The summed E-state index contributed by atoms with van der Waals surface area (Å²) in [6.07, 6.45) is 2.46. The third-order valence-electron chi connectivity index (χ3n) is 4.39. The highest BCUT2D eigenvalue weighted by Gasteiger charge is 2.28. The van der Waals surface area contributed by atoms with Crippen LogP contribution in [0.1, 0.15) is 27.2 Å². The van der Waals surface area contributed by atoms with E-state index in [1.165, 1.54) is 6.07 Å². The van der Waals surface area contributed by atoms with Gasteiger partial charge in [0, 0.05) is 38.9 Å². The van der Waals surface area contributed by atoms with Gasteiger partial charge in [-0.3, -0.25) is 9.79 Å². The van der Waals surface area contributed by atoms with Gasteiger partial charge in [-0.15, -0.1) is 0 Å². The Balaban J connectivity index is 1.99. The van der Waals surface area contributed by atoms with Crippen molar-refractivity contribution in [3.63, 3.8) is 0 Å². The van der Waals surface area contributed by atoms with Crippen molar-refractivity contribution in [2.45, 2.75) is 33.2 Å². The molecule has 1 amide bonds. The van der Waals surface area contributed by atoms with Gasteiger partial charge in [0.2, 0.25) is 5.91 Å². The van der Waals surface area contributed by atoms with Gasteiger partial charge < -0.3 is 20.9 Å². The number of aliphatic imine (C=N–C) groups is 1. The molecule has 8 heteroatoms. The Kier molecular flexibility index (Phi) is 6.76. The largest absolute Gasteiger partial charge is 0.359 e. The zero-order valence-corrected chi connectivity index (χ0v) is 16.0. The van der Waals surface area contributed by atoms with E-state index in [1.54, 1.807) is 19.3 Å². The Morgan fingerprint density at radius 3 is 2.92 bits per heavy atom. The number of amides is 1. The van der Waals surface area contributed by atoms with Crippen LogP contribution in [0.4, 0.5) is 10.2 Å². The first-order chi connectivity index (χ1) is 12.4. The number of aromatic nitrogens is 1. The molecule has 0 aromatic carbocycles. The molecule has 2 rings (SSSR count). The number of pyridine rings is 1. The molecule has 1 aromatic rings. The van der Waals surface area contributed by atoms with E-state index in [9.17, 15) is 9.18 Å². The first kappa shape index (κ1) is 19.9. The molecule has 1 atom stereocenters. The number of guanidine groups is 1. The summed E-state index contributed by atoms with van der Waals surface area (Å²) >= 11 is 0. The highest BCUT2D eigenvalue weighted by molar-refractivity contribution is 5.83. The summed E-state index contributed by atoms with van der Waals surface area (Å²) in [5.41, 5.74) is -0.587. The number of halogens is 1. The topological polar surface area (TPSA) is 81.6 Å². The molecule has 26 heavy (non-hydrogen) atoms. The second kappa shape index (κ2) is 8.82. The minimum atomic E-state index is -0.587. The SMILES string of the molecule is CCNC(=NCC(C)(C)C(=O)NC)NC1CCN(c2ncccc2F)C1. The fraction of sp³-hybridized carbons (Fsp3) is 0.611. The Morgan fingerprint density at radius 1 is 1.50 bits per heavy atom. The van der Waals surface area contributed by atoms with Crippen LogP contribution in [-0.4, -0.2) is 56.1 Å². The molecule has 0 radical (unpaired) electrons. The van der Waals surface area contributed by atoms with E-state index in [0.29, 0.717) is 24.9 Å². The zero-order chi connectivity index (χ0) is 19.2. The van der Waals surface area contributed by atoms with Crippen molar-refractivity contribution < 1.29 is 9.18 Å². The van der Waals surface area contributed by atoms with Gasteiger partial charge in [0.1, 0.15) is 0 Å². The number of hydrogen-bond donors (Lipinski definition) is 3. The summed E-state index contributed by atoms with van der Waals surface area (Å²) in [4.78, 5) is 22.5. The number of carbonyl (C=O) groups is 1. The minimum Gasteiger partial charge on any atom is -0.359 e. The molecule has 0 aliphatic carbocycles. The van der Waals surface area contributed by atoms with Crippen molar-refractivity contribution in [3.8, 4) is 0 Å². The van der Waals surface area contributed by atoms with Crippen LogP contribution in [0.5, 0.6) is 0 Å². The van der Waals surface area contributed by atoms with Gasteiger partial charge in [-0.2, -0.15) is 0 Å². The minimum absolute atomic E-state index is 0.0465. The second-order valence-electron chi connectivity index (χ2n) is 7.04. The van der Waals surface area contributed by atoms with Crippen LogP contribution >= 0.6 is 0 Å². The van der Waals surface area contributed by atoms with Crippen molar-refractivity contribution in [2.24, 2.45) is 10.4 Å². The van der Waals surface area contributed by atoms with Crippen molar-refractivity contribution in [3.05, 3.63) is 24.1 Å². The first-order valence-electron chi connectivity index (χ1n) is 9.00. The summed E-state index contributed by atoms with van der Waals surface area (Å²) < 4.78 is 13.9. The van der Waals surface area contributed by atoms with E-state index >= 15 is 0 Å². The summed E-state index contributed by atoms with van der Waals surface area (Å²) in [6.45, 7) is 8.18. The number of carbonyl (C=O) groups excluding carboxylic acids is 1. The Hall–Kier alpha value is -2.38. The molecule has 0 spiro atoms. The van der Waals surface area contributed by atoms with Crippen LogP contribution in [0, 0.1) is 11.2 Å². The van der Waals surface area contributed by atoms with E-state index in [-0.39, 0.29) is 17.8 Å². The smallest absolute Gasteiger partial charge is 0.227 e. The molecule has 1 saturated heterocycles. The third-order valence-corrected chi connectivity index (χ3v) is 4.39. The Bertz CT molecular complexity index is 648. The molecule has 7 nitrogen and oxygen atoms in total. The predicted molar refractivity (Wildman–Crippen MR) is 102 cm³/mol. The highest BCUT2D eigenvalue weighted by Crippen LogP contribution is 2.21. The predicted octanol–water partition coefficient (Wildman–Crippen LogP) is 1.13. The van der Waals surface area contributed by atoms with E-state index in [2.05, 4.69) is 25.9 Å². The van der Waals surface area contributed by atoms with Gasteiger partial charge in [-0.05, 0) is 39.3 Å². The van der Waals surface area contributed by atoms with E-state index in [0.717, 1.165) is 19.5 Å². The summed E-state index contributed by atoms with van der Waals surface area (Å²) in [7, 11) is 1.63. The van der Waals surface area contributed by atoms with Crippen LogP contribution in [0.15, 0.2) is 23.3 Å². The molecule has 1 unspecified atom stereocenters. The lowest BCUT2D eigenvalue weighted by atomic mass is 9.93. The molecule has 0 bridgehead atoms. The number of rotatable bonds is 6. The number of anilines is 1. The van der Waals surface area contributed by atoms with Crippen LogP contribution < -0.4 is 20.9 Å². The van der Waals surface area contributed by atoms with Gasteiger partial charge >= 0.3 is 0 Å². The van der Waals surface area contributed by atoms with E-state index < -0.39 is 5.41 Å². The first-order valence-corrected chi connectivity index (χ1v) is 9.00. The van der Waals surface area contributed by atoms with Gasteiger partial charge in [0.25, 0.3) is 0 Å². The van der Waals surface area contributed by atoms with Crippen LogP contribution in [0.25, 0.3) is 0 Å². The number of hydrogen-bond acceptors (Lipinski definition) is 4. The lowest BCUT2D eigenvalue weighted by Crippen LogP contribution is -2.46. The molecule has 0 saturated carbocycles. The maximum Gasteiger partial charge on any atom is 0.227 e. The van der Waals surface area contributed by atoms with Crippen LogP contribution in [0.2, 0.25) is 0 Å². The normalized spacial score (nSPS) is 18.0. The van der Waals surface area contributed by atoms with Crippen molar-refractivity contribution in [2.75, 3.05) is 38.1 Å². The fourth-order valence-electron chi connectivity index (χ4n) is 2.88. The molecular weight excluding hydrogens is 335 g/mol. The molecule has 2 heterocycles.